The molecule has 3 saturated heterocycles. The van der Waals surface area contributed by atoms with Gasteiger partial charge < -0.3 is 9.80 Å². The lowest BCUT2D eigenvalue weighted by Gasteiger charge is -2.50. The van der Waals surface area contributed by atoms with E-state index in [0.717, 1.165) is 38.9 Å². The summed E-state index contributed by atoms with van der Waals surface area (Å²) in [5.41, 5.74) is 1.26. The second-order valence-corrected chi connectivity index (χ2v) is 8.01. The topological polar surface area (TPSA) is 43.9 Å². The van der Waals surface area contributed by atoms with Crippen LogP contribution in [0.4, 0.5) is 0 Å². The van der Waals surface area contributed by atoms with Crippen molar-refractivity contribution in [2.45, 2.75) is 37.9 Å². The largest absolute Gasteiger partial charge is 0.329 e. The van der Waals surface area contributed by atoms with E-state index in [2.05, 4.69) is 47.4 Å². The fraction of sp³-hybridized carbons (Fsp3) is 0.455. The number of carbonyl (C=O) groups is 2. The number of nitrogens with zero attached hydrogens (tertiary/aromatic N) is 3. The first-order valence-corrected chi connectivity index (χ1v) is 10.0. The van der Waals surface area contributed by atoms with Crippen LogP contribution in [-0.2, 0) is 16.1 Å². The zero-order valence-electron chi connectivity index (χ0n) is 15.5. The molecule has 3 fully saturated rings. The number of piperidine rings is 1. The normalized spacial score (nSPS) is 26.2. The van der Waals surface area contributed by atoms with Crippen LogP contribution in [0.15, 0.2) is 42.5 Å². The molecule has 2 aromatic carbocycles. The Bertz CT molecular complexity index is 896. The van der Waals surface area contributed by atoms with Gasteiger partial charge in [-0.1, -0.05) is 36.4 Å². The molecule has 0 saturated carbocycles. The third-order valence-electron chi connectivity index (χ3n) is 6.32. The number of amides is 2. The standard InChI is InChI=1S/C22H25N3O2/c26-21-19-7-3-4-10-24(19)22(27)20-15-23(11-12-25(20)21)14-16-8-9-17-5-1-2-6-18(17)13-16/h1-2,5-6,8-9,13,19-20H,3-4,7,10-12,14-15H2. The van der Waals surface area contributed by atoms with E-state index in [-0.39, 0.29) is 23.9 Å². The molecule has 2 unspecified atom stereocenters. The number of fused-ring (bicyclic) bond motifs is 3. The van der Waals surface area contributed by atoms with E-state index < -0.39 is 0 Å². The van der Waals surface area contributed by atoms with Crippen molar-refractivity contribution in [2.75, 3.05) is 26.2 Å². The van der Waals surface area contributed by atoms with Crippen LogP contribution in [0.2, 0.25) is 0 Å². The molecule has 5 heteroatoms. The maximum Gasteiger partial charge on any atom is 0.247 e. The Morgan fingerprint density at radius 3 is 2.48 bits per heavy atom. The number of piperazine rings is 2. The zero-order chi connectivity index (χ0) is 18.4. The smallest absolute Gasteiger partial charge is 0.247 e. The second kappa shape index (κ2) is 6.64. The van der Waals surface area contributed by atoms with Crippen LogP contribution >= 0.6 is 0 Å². The summed E-state index contributed by atoms with van der Waals surface area (Å²) in [4.78, 5) is 31.9. The first kappa shape index (κ1) is 16.8. The monoisotopic (exact) mass is 363 g/mol. The molecule has 0 N–H and O–H groups in total. The summed E-state index contributed by atoms with van der Waals surface area (Å²) in [5.74, 6) is 0.326. The number of rotatable bonds is 2. The lowest BCUT2D eigenvalue weighted by atomic mass is 9.94. The Morgan fingerprint density at radius 2 is 1.59 bits per heavy atom. The van der Waals surface area contributed by atoms with E-state index in [1.807, 2.05) is 9.80 Å². The molecule has 0 spiro atoms. The van der Waals surface area contributed by atoms with Gasteiger partial charge >= 0.3 is 0 Å². The van der Waals surface area contributed by atoms with Crippen molar-refractivity contribution in [3.05, 3.63) is 48.0 Å². The summed E-state index contributed by atoms with van der Waals surface area (Å²) >= 11 is 0. The Kier molecular flexibility index (Phi) is 4.12. The number of benzene rings is 2. The van der Waals surface area contributed by atoms with Crippen LogP contribution < -0.4 is 0 Å². The number of hydrogen-bond acceptors (Lipinski definition) is 3. The molecule has 0 aromatic heterocycles. The SMILES string of the molecule is O=C1C2CN(Cc3ccc4ccccc4c3)CCN2C(=O)C2CCCCN12. The molecule has 3 heterocycles. The summed E-state index contributed by atoms with van der Waals surface area (Å²) in [6.45, 7) is 3.69. The van der Waals surface area contributed by atoms with Crippen molar-refractivity contribution in [1.29, 1.82) is 0 Å². The van der Waals surface area contributed by atoms with Gasteiger partial charge in [-0.2, -0.15) is 0 Å². The van der Waals surface area contributed by atoms with E-state index in [4.69, 9.17) is 0 Å². The van der Waals surface area contributed by atoms with Gasteiger partial charge in [0.25, 0.3) is 0 Å². The predicted octanol–water partition coefficient (Wildman–Crippen LogP) is 2.25. The molecule has 0 aliphatic carbocycles. The van der Waals surface area contributed by atoms with Crippen LogP contribution in [0.3, 0.4) is 0 Å². The summed E-state index contributed by atoms with van der Waals surface area (Å²) in [5, 5.41) is 2.49. The van der Waals surface area contributed by atoms with E-state index in [0.29, 0.717) is 13.1 Å². The maximum absolute atomic E-state index is 13.0. The molecule has 5 nitrogen and oxygen atoms in total. The summed E-state index contributed by atoms with van der Waals surface area (Å²) in [6, 6.07) is 14.4. The Morgan fingerprint density at radius 1 is 0.815 bits per heavy atom. The molecular weight excluding hydrogens is 338 g/mol. The number of carbonyl (C=O) groups excluding carboxylic acids is 2. The maximum atomic E-state index is 13.0. The molecule has 3 aliphatic heterocycles. The van der Waals surface area contributed by atoms with Gasteiger partial charge in [-0.3, -0.25) is 14.5 Å². The fourth-order valence-electron chi connectivity index (χ4n) is 4.89. The quantitative estimate of drug-likeness (QED) is 0.822. The van der Waals surface area contributed by atoms with E-state index in [1.54, 1.807) is 0 Å². The van der Waals surface area contributed by atoms with Crippen molar-refractivity contribution >= 4 is 22.6 Å². The van der Waals surface area contributed by atoms with Crippen LogP contribution in [-0.4, -0.2) is 64.8 Å². The predicted molar refractivity (Wildman–Crippen MR) is 104 cm³/mol. The summed E-state index contributed by atoms with van der Waals surface area (Å²) < 4.78 is 0. The Hall–Kier alpha value is -2.40. The lowest BCUT2D eigenvalue weighted by molar-refractivity contribution is -0.167. The van der Waals surface area contributed by atoms with Crippen molar-refractivity contribution in [2.24, 2.45) is 0 Å². The van der Waals surface area contributed by atoms with Gasteiger partial charge in [0, 0.05) is 32.7 Å². The van der Waals surface area contributed by atoms with Crippen molar-refractivity contribution in [3.8, 4) is 0 Å². The van der Waals surface area contributed by atoms with Crippen molar-refractivity contribution < 1.29 is 9.59 Å². The van der Waals surface area contributed by atoms with Gasteiger partial charge in [-0.15, -0.1) is 0 Å². The zero-order valence-corrected chi connectivity index (χ0v) is 15.5. The first-order chi connectivity index (χ1) is 13.2. The Balaban J connectivity index is 1.33. The highest BCUT2D eigenvalue weighted by Gasteiger charge is 2.48. The minimum Gasteiger partial charge on any atom is -0.329 e. The van der Waals surface area contributed by atoms with Crippen LogP contribution in [0.25, 0.3) is 10.8 Å². The molecule has 2 amide bonds. The van der Waals surface area contributed by atoms with Gasteiger partial charge in [0.2, 0.25) is 11.8 Å². The molecule has 27 heavy (non-hydrogen) atoms. The molecular formula is C22H25N3O2. The van der Waals surface area contributed by atoms with Gasteiger partial charge in [-0.25, -0.2) is 0 Å². The molecule has 5 rings (SSSR count). The third kappa shape index (κ3) is 2.90. The highest BCUT2D eigenvalue weighted by atomic mass is 16.2. The average molecular weight is 363 g/mol. The van der Waals surface area contributed by atoms with Gasteiger partial charge in [-0.05, 0) is 41.7 Å². The highest BCUT2D eigenvalue weighted by Crippen LogP contribution is 2.28. The minimum atomic E-state index is -0.305. The second-order valence-electron chi connectivity index (χ2n) is 8.01. The Labute approximate surface area is 159 Å². The molecule has 0 radical (unpaired) electrons. The molecule has 2 atom stereocenters. The molecule has 0 bridgehead atoms. The van der Waals surface area contributed by atoms with Crippen molar-refractivity contribution in [3.63, 3.8) is 0 Å². The van der Waals surface area contributed by atoms with Crippen LogP contribution in [0.1, 0.15) is 24.8 Å². The first-order valence-electron chi connectivity index (χ1n) is 10.0. The summed E-state index contributed by atoms with van der Waals surface area (Å²) in [7, 11) is 0. The van der Waals surface area contributed by atoms with Crippen molar-refractivity contribution in [1.82, 2.24) is 14.7 Å². The minimum absolute atomic E-state index is 0.155. The van der Waals surface area contributed by atoms with Gasteiger partial charge in [0.1, 0.15) is 12.1 Å². The van der Waals surface area contributed by atoms with Crippen LogP contribution in [0.5, 0.6) is 0 Å². The van der Waals surface area contributed by atoms with Gasteiger partial charge in [0.05, 0.1) is 0 Å². The van der Waals surface area contributed by atoms with E-state index >= 15 is 0 Å². The van der Waals surface area contributed by atoms with E-state index in [9.17, 15) is 9.59 Å². The molecule has 2 aromatic rings. The average Bonchev–Trinajstić information content (AvgIpc) is 2.72. The summed E-state index contributed by atoms with van der Waals surface area (Å²) in [6.07, 6.45) is 2.89. The lowest BCUT2D eigenvalue weighted by Crippen LogP contribution is -2.70. The fourth-order valence-corrected chi connectivity index (χ4v) is 4.89. The molecule has 3 aliphatic rings. The number of hydrogen-bond donors (Lipinski definition) is 0. The highest BCUT2D eigenvalue weighted by molar-refractivity contribution is 5.97. The van der Waals surface area contributed by atoms with Crippen LogP contribution in [0, 0.1) is 0 Å². The third-order valence-corrected chi connectivity index (χ3v) is 6.32. The van der Waals surface area contributed by atoms with E-state index in [1.165, 1.54) is 16.3 Å². The van der Waals surface area contributed by atoms with Gasteiger partial charge in [0.15, 0.2) is 0 Å². The molecule has 140 valence electrons.